The monoisotopic (exact) mass is 260 g/mol. The molecule has 1 aliphatic heterocycles. The van der Waals surface area contributed by atoms with Gasteiger partial charge in [0.15, 0.2) is 0 Å². The molecule has 0 aromatic rings. The van der Waals surface area contributed by atoms with Crippen LogP contribution in [0.15, 0.2) is 0 Å². The Labute approximate surface area is 106 Å². The van der Waals surface area contributed by atoms with Crippen molar-refractivity contribution in [3.8, 4) is 0 Å². The van der Waals surface area contributed by atoms with Crippen LogP contribution in [0, 0.1) is 0 Å². The summed E-state index contributed by atoms with van der Waals surface area (Å²) >= 11 is 1.63. The van der Waals surface area contributed by atoms with Crippen LogP contribution in [0.3, 0.4) is 0 Å². The zero-order valence-electron chi connectivity index (χ0n) is 10.4. The first-order valence-corrected chi connectivity index (χ1v) is 7.14. The molecule has 1 N–H and O–H groups in total. The molecular weight excluding hydrogens is 240 g/mol. The number of thioether (sulfide) groups is 1. The minimum absolute atomic E-state index is 0.0533. The highest BCUT2D eigenvalue weighted by Crippen LogP contribution is 2.07. The third-order valence-corrected chi connectivity index (χ3v) is 3.43. The maximum Gasteiger partial charge on any atom is 0.223 e. The van der Waals surface area contributed by atoms with Crippen molar-refractivity contribution in [2.45, 2.75) is 19.4 Å². The Hall–Kier alpha value is -0.750. The molecule has 0 bridgehead atoms. The van der Waals surface area contributed by atoms with E-state index < -0.39 is 6.10 Å². The molecule has 1 saturated heterocycles. The second-order valence-corrected chi connectivity index (χ2v) is 5.19. The summed E-state index contributed by atoms with van der Waals surface area (Å²) in [5.41, 5.74) is 0. The fraction of sp³-hybridized carbons (Fsp3) is 0.818. The molecule has 0 radical (unpaired) electrons. The number of aliphatic hydroxyl groups excluding tert-OH is 1. The van der Waals surface area contributed by atoms with E-state index >= 15 is 0 Å². The molecule has 0 saturated carbocycles. The number of hydrogen-bond donors (Lipinski definition) is 1. The number of rotatable bonds is 3. The lowest BCUT2D eigenvalue weighted by Gasteiger charge is -2.21. The fourth-order valence-electron chi connectivity index (χ4n) is 1.85. The summed E-state index contributed by atoms with van der Waals surface area (Å²) < 4.78 is 0. The van der Waals surface area contributed by atoms with Gasteiger partial charge in [0.2, 0.25) is 11.8 Å². The molecule has 6 heteroatoms. The van der Waals surface area contributed by atoms with Crippen LogP contribution in [0.2, 0.25) is 0 Å². The van der Waals surface area contributed by atoms with Crippen LogP contribution >= 0.6 is 11.8 Å². The van der Waals surface area contributed by atoms with Crippen LogP contribution in [0.4, 0.5) is 0 Å². The molecule has 1 rings (SSSR count). The molecule has 1 aliphatic rings. The van der Waals surface area contributed by atoms with Gasteiger partial charge in [-0.3, -0.25) is 9.59 Å². The van der Waals surface area contributed by atoms with Crippen LogP contribution in [0.5, 0.6) is 0 Å². The fourth-order valence-corrected chi connectivity index (χ4v) is 2.23. The lowest BCUT2D eigenvalue weighted by molar-refractivity contribution is -0.132. The molecule has 98 valence electrons. The maximum atomic E-state index is 11.8. The van der Waals surface area contributed by atoms with Gasteiger partial charge in [-0.1, -0.05) is 0 Å². The Bertz CT molecular complexity index is 286. The molecule has 0 aromatic carbocycles. The maximum absolute atomic E-state index is 11.8. The van der Waals surface area contributed by atoms with Gasteiger partial charge in [-0.15, -0.1) is 0 Å². The smallest absolute Gasteiger partial charge is 0.223 e. The number of β-amino-alcohol motifs (C(OH)–C–C–N with tert-alkyl or cyclic N) is 1. The normalized spacial score (nSPS) is 21.2. The first-order valence-electron chi connectivity index (χ1n) is 5.75. The highest BCUT2D eigenvalue weighted by molar-refractivity contribution is 7.98. The summed E-state index contributed by atoms with van der Waals surface area (Å²) in [5.74, 6) is 0.799. The number of hydrogen-bond acceptors (Lipinski definition) is 4. The van der Waals surface area contributed by atoms with Crippen molar-refractivity contribution >= 4 is 23.6 Å². The minimum atomic E-state index is -0.639. The van der Waals surface area contributed by atoms with E-state index in [2.05, 4.69) is 0 Å². The molecule has 17 heavy (non-hydrogen) atoms. The highest BCUT2D eigenvalue weighted by Gasteiger charge is 2.24. The van der Waals surface area contributed by atoms with Gasteiger partial charge in [0.1, 0.15) is 0 Å². The highest BCUT2D eigenvalue weighted by atomic mass is 32.2. The van der Waals surface area contributed by atoms with Crippen LogP contribution in [0.25, 0.3) is 0 Å². The molecule has 0 unspecified atom stereocenters. The molecule has 2 amide bonds. The molecule has 1 heterocycles. The second kappa shape index (κ2) is 6.86. The Morgan fingerprint density at radius 1 is 1.29 bits per heavy atom. The molecule has 0 spiro atoms. The lowest BCUT2D eigenvalue weighted by Crippen LogP contribution is -2.37. The van der Waals surface area contributed by atoms with Crippen LogP contribution in [0.1, 0.15) is 13.3 Å². The van der Waals surface area contributed by atoms with Crippen molar-refractivity contribution in [3.63, 3.8) is 0 Å². The Morgan fingerprint density at radius 2 is 1.88 bits per heavy atom. The Morgan fingerprint density at radius 3 is 2.47 bits per heavy atom. The SMILES string of the molecule is CSCCC(=O)N1CCN(C(C)=O)C[C@H](O)C1. The number of amides is 2. The van der Waals surface area contributed by atoms with Gasteiger partial charge < -0.3 is 14.9 Å². The van der Waals surface area contributed by atoms with Crippen molar-refractivity contribution < 1.29 is 14.7 Å². The third kappa shape index (κ3) is 4.55. The summed E-state index contributed by atoms with van der Waals surface area (Å²) in [6.07, 6.45) is 1.82. The Kier molecular flexibility index (Phi) is 5.77. The van der Waals surface area contributed by atoms with Crippen molar-refractivity contribution in [3.05, 3.63) is 0 Å². The van der Waals surface area contributed by atoms with E-state index in [1.807, 2.05) is 6.26 Å². The molecule has 0 aromatic heterocycles. The van der Waals surface area contributed by atoms with E-state index in [1.54, 1.807) is 21.6 Å². The number of carbonyl (C=O) groups is 2. The number of aliphatic hydroxyl groups is 1. The van der Waals surface area contributed by atoms with Crippen molar-refractivity contribution in [1.82, 2.24) is 9.80 Å². The average molecular weight is 260 g/mol. The van der Waals surface area contributed by atoms with E-state index in [0.717, 1.165) is 5.75 Å². The molecule has 0 aliphatic carbocycles. The van der Waals surface area contributed by atoms with Crippen molar-refractivity contribution in [1.29, 1.82) is 0 Å². The third-order valence-electron chi connectivity index (χ3n) is 2.82. The largest absolute Gasteiger partial charge is 0.389 e. The van der Waals surface area contributed by atoms with Gasteiger partial charge in [-0.25, -0.2) is 0 Å². The van der Waals surface area contributed by atoms with Crippen LogP contribution in [-0.2, 0) is 9.59 Å². The number of nitrogens with zero attached hydrogens (tertiary/aromatic N) is 2. The first-order chi connectivity index (χ1) is 8.04. The zero-order chi connectivity index (χ0) is 12.8. The Balaban J connectivity index is 2.53. The van der Waals surface area contributed by atoms with Crippen LogP contribution in [-0.4, -0.2) is 71.0 Å². The average Bonchev–Trinajstić information content (AvgIpc) is 2.48. The van der Waals surface area contributed by atoms with E-state index in [1.165, 1.54) is 6.92 Å². The molecule has 1 atom stereocenters. The summed E-state index contributed by atoms with van der Waals surface area (Å²) in [7, 11) is 0. The van der Waals surface area contributed by atoms with Crippen molar-refractivity contribution in [2.24, 2.45) is 0 Å². The van der Waals surface area contributed by atoms with Gasteiger partial charge in [0.25, 0.3) is 0 Å². The predicted octanol–water partition coefficient (Wildman–Crippen LogP) is -0.209. The quantitative estimate of drug-likeness (QED) is 0.763. The number of carbonyl (C=O) groups excluding carboxylic acids is 2. The van der Waals surface area contributed by atoms with Gasteiger partial charge in [0.05, 0.1) is 6.10 Å². The molecule has 1 fully saturated rings. The van der Waals surface area contributed by atoms with E-state index in [0.29, 0.717) is 32.6 Å². The van der Waals surface area contributed by atoms with Gasteiger partial charge in [-0.2, -0.15) is 11.8 Å². The lowest BCUT2D eigenvalue weighted by atomic mass is 10.3. The molecular formula is C11H20N2O3S. The second-order valence-electron chi connectivity index (χ2n) is 4.20. The predicted molar refractivity (Wildman–Crippen MR) is 67.8 cm³/mol. The van der Waals surface area contributed by atoms with Crippen LogP contribution < -0.4 is 0 Å². The standard InChI is InChI=1S/C11H20N2O3S/c1-9(14)12-4-5-13(8-10(15)7-12)11(16)3-6-17-2/h10,15H,3-8H2,1-2H3/t10-/m0/s1. The summed E-state index contributed by atoms with van der Waals surface area (Å²) in [6, 6.07) is 0. The first kappa shape index (κ1) is 14.3. The van der Waals surface area contributed by atoms with E-state index in [4.69, 9.17) is 0 Å². The minimum Gasteiger partial charge on any atom is -0.389 e. The molecule has 5 nitrogen and oxygen atoms in total. The van der Waals surface area contributed by atoms with E-state index in [-0.39, 0.29) is 11.8 Å². The topological polar surface area (TPSA) is 60.9 Å². The van der Waals surface area contributed by atoms with Gasteiger partial charge >= 0.3 is 0 Å². The summed E-state index contributed by atoms with van der Waals surface area (Å²) in [4.78, 5) is 26.3. The summed E-state index contributed by atoms with van der Waals surface area (Å²) in [6.45, 7) is 3.16. The summed E-state index contributed by atoms with van der Waals surface area (Å²) in [5, 5.41) is 9.76. The van der Waals surface area contributed by atoms with Crippen molar-refractivity contribution in [2.75, 3.05) is 38.2 Å². The zero-order valence-corrected chi connectivity index (χ0v) is 11.2. The van der Waals surface area contributed by atoms with Gasteiger partial charge in [0, 0.05) is 45.3 Å². The van der Waals surface area contributed by atoms with Gasteiger partial charge in [-0.05, 0) is 6.26 Å². The van der Waals surface area contributed by atoms with E-state index in [9.17, 15) is 14.7 Å².